The van der Waals surface area contributed by atoms with Crippen molar-refractivity contribution < 1.29 is 9.05 Å². The van der Waals surface area contributed by atoms with Gasteiger partial charge in [0.1, 0.15) is 0 Å². The Hall–Kier alpha value is -0.430. The Bertz CT molecular complexity index is 445. The molecule has 1 aromatic carbocycles. The summed E-state index contributed by atoms with van der Waals surface area (Å²) in [6.07, 6.45) is 2.52. The van der Waals surface area contributed by atoms with Gasteiger partial charge in [0.2, 0.25) is 8.38 Å². The van der Waals surface area contributed by atoms with Gasteiger partial charge in [0.15, 0.2) is 0 Å². The molecule has 2 nitrogen and oxygen atoms in total. The lowest BCUT2D eigenvalue weighted by atomic mass is 9.66. The molecular weight excluding hydrogens is 255 g/mol. The Balaban J connectivity index is 1.82. The van der Waals surface area contributed by atoms with E-state index < -0.39 is 8.38 Å². The van der Waals surface area contributed by atoms with Crippen molar-refractivity contribution >= 4 is 13.7 Å². The molecule has 1 aliphatic heterocycles. The number of rotatable bonds is 1. The molecule has 2 bridgehead atoms. The van der Waals surface area contributed by atoms with E-state index in [1.165, 1.54) is 18.1 Å². The van der Waals surface area contributed by atoms with E-state index in [-0.39, 0.29) is 5.41 Å². The van der Waals surface area contributed by atoms with E-state index in [0.717, 1.165) is 13.2 Å². The maximum absolute atomic E-state index is 6.18. The average Bonchev–Trinajstić information content (AvgIpc) is 2.68. The largest absolute Gasteiger partial charge is 0.330 e. The first-order valence-corrected chi connectivity index (χ1v) is 8.32. The van der Waals surface area contributed by atoms with Crippen LogP contribution in [0.4, 0.5) is 0 Å². The minimum Gasteiger partial charge on any atom is -0.330 e. The van der Waals surface area contributed by atoms with Crippen LogP contribution < -0.4 is 5.30 Å². The first-order chi connectivity index (χ1) is 9.03. The molecule has 2 aliphatic rings. The fraction of sp³-hybridized carbons (Fsp3) is 0.625. The Morgan fingerprint density at radius 3 is 2.58 bits per heavy atom. The molecule has 0 N–H and O–H groups in total. The van der Waals surface area contributed by atoms with E-state index in [2.05, 4.69) is 45.0 Å². The third kappa shape index (κ3) is 2.24. The summed E-state index contributed by atoms with van der Waals surface area (Å²) in [5, 5.41) is 1.19. The van der Waals surface area contributed by atoms with Crippen LogP contribution in [-0.4, -0.2) is 13.2 Å². The van der Waals surface area contributed by atoms with Crippen LogP contribution in [0, 0.1) is 16.7 Å². The Kier molecular flexibility index (Phi) is 3.45. The zero-order valence-corrected chi connectivity index (χ0v) is 13.0. The number of hydrogen-bond acceptors (Lipinski definition) is 2. The molecule has 1 aromatic rings. The first-order valence-electron chi connectivity index (χ1n) is 7.14. The normalized spacial score (nSPS) is 37.6. The van der Waals surface area contributed by atoms with Gasteiger partial charge in [0.05, 0.1) is 13.2 Å². The predicted molar refractivity (Wildman–Crippen MR) is 79.5 cm³/mol. The highest BCUT2D eigenvalue weighted by Crippen LogP contribution is 2.59. The molecule has 1 heterocycles. The molecule has 19 heavy (non-hydrogen) atoms. The Labute approximate surface area is 117 Å². The second-order valence-electron chi connectivity index (χ2n) is 6.68. The molecule has 2 fully saturated rings. The van der Waals surface area contributed by atoms with Gasteiger partial charge in [-0.3, -0.25) is 0 Å². The van der Waals surface area contributed by atoms with Crippen molar-refractivity contribution in [1.29, 1.82) is 0 Å². The lowest BCUT2D eigenvalue weighted by Crippen LogP contribution is -2.40. The highest BCUT2D eigenvalue weighted by Gasteiger charge is 2.53. The number of benzene rings is 1. The smallest absolute Gasteiger partial charge is 0.205 e. The lowest BCUT2D eigenvalue weighted by Gasteiger charge is -2.44. The summed E-state index contributed by atoms with van der Waals surface area (Å²) in [6, 6.07) is 10.4. The predicted octanol–water partition coefficient (Wildman–Crippen LogP) is 4.11. The van der Waals surface area contributed by atoms with Crippen LogP contribution in [0.5, 0.6) is 0 Å². The highest BCUT2D eigenvalue weighted by atomic mass is 31.2. The molecule has 3 atom stereocenters. The summed E-state index contributed by atoms with van der Waals surface area (Å²) < 4.78 is 12.3. The third-order valence-corrected chi connectivity index (χ3v) is 6.95. The molecular formula is C16H23O2P. The SMILES string of the molecule is CC12CCC(COP(c3ccccc3)OC1)C2(C)C. The lowest BCUT2D eigenvalue weighted by molar-refractivity contribution is 0.00357. The van der Waals surface area contributed by atoms with Crippen molar-refractivity contribution in [3.05, 3.63) is 30.3 Å². The molecule has 0 radical (unpaired) electrons. The van der Waals surface area contributed by atoms with Crippen LogP contribution in [0.2, 0.25) is 0 Å². The van der Waals surface area contributed by atoms with Gasteiger partial charge in [-0.15, -0.1) is 0 Å². The van der Waals surface area contributed by atoms with Gasteiger partial charge in [-0.05, 0) is 41.7 Å². The molecule has 3 rings (SSSR count). The number of hydrogen-bond donors (Lipinski definition) is 0. The molecule has 0 amide bonds. The molecule has 104 valence electrons. The highest BCUT2D eigenvalue weighted by molar-refractivity contribution is 7.56. The van der Waals surface area contributed by atoms with Gasteiger partial charge in [0, 0.05) is 5.30 Å². The summed E-state index contributed by atoms with van der Waals surface area (Å²) >= 11 is 0. The van der Waals surface area contributed by atoms with Crippen LogP contribution in [-0.2, 0) is 9.05 Å². The quantitative estimate of drug-likeness (QED) is 0.720. The maximum Gasteiger partial charge on any atom is 0.205 e. The second kappa shape index (κ2) is 4.84. The van der Waals surface area contributed by atoms with E-state index >= 15 is 0 Å². The first kappa shape index (κ1) is 13.5. The van der Waals surface area contributed by atoms with Gasteiger partial charge in [0.25, 0.3) is 0 Å². The van der Waals surface area contributed by atoms with E-state index in [1.54, 1.807) is 0 Å². The van der Waals surface area contributed by atoms with Crippen molar-refractivity contribution in [2.75, 3.05) is 13.2 Å². The van der Waals surface area contributed by atoms with Crippen molar-refractivity contribution in [2.45, 2.75) is 33.6 Å². The molecule has 3 heteroatoms. The molecule has 1 saturated heterocycles. The van der Waals surface area contributed by atoms with Crippen LogP contribution in [0.15, 0.2) is 30.3 Å². The van der Waals surface area contributed by atoms with Crippen LogP contribution in [0.1, 0.15) is 33.6 Å². The van der Waals surface area contributed by atoms with E-state index in [1.807, 2.05) is 6.07 Å². The van der Waals surface area contributed by atoms with Gasteiger partial charge < -0.3 is 9.05 Å². The van der Waals surface area contributed by atoms with Crippen LogP contribution in [0.3, 0.4) is 0 Å². The number of fused-ring (bicyclic) bond motifs is 2. The van der Waals surface area contributed by atoms with E-state index in [0.29, 0.717) is 11.3 Å². The summed E-state index contributed by atoms with van der Waals surface area (Å²) in [4.78, 5) is 0. The van der Waals surface area contributed by atoms with Crippen molar-refractivity contribution in [3.63, 3.8) is 0 Å². The topological polar surface area (TPSA) is 18.5 Å². The molecule has 3 unspecified atom stereocenters. The van der Waals surface area contributed by atoms with Gasteiger partial charge >= 0.3 is 0 Å². The fourth-order valence-corrected chi connectivity index (χ4v) is 4.82. The van der Waals surface area contributed by atoms with Crippen molar-refractivity contribution in [2.24, 2.45) is 16.7 Å². The zero-order valence-electron chi connectivity index (χ0n) is 12.1. The van der Waals surface area contributed by atoms with Gasteiger partial charge in [-0.25, -0.2) is 0 Å². The Morgan fingerprint density at radius 1 is 1.11 bits per heavy atom. The molecule has 1 saturated carbocycles. The van der Waals surface area contributed by atoms with Gasteiger partial charge in [-0.2, -0.15) is 0 Å². The minimum atomic E-state index is -0.897. The summed E-state index contributed by atoms with van der Waals surface area (Å²) in [5.41, 5.74) is 0.599. The second-order valence-corrected chi connectivity index (χ2v) is 8.23. The average molecular weight is 278 g/mol. The maximum atomic E-state index is 6.18. The van der Waals surface area contributed by atoms with E-state index in [9.17, 15) is 0 Å². The van der Waals surface area contributed by atoms with Crippen LogP contribution >= 0.6 is 8.38 Å². The van der Waals surface area contributed by atoms with Gasteiger partial charge in [-0.1, -0.05) is 39.0 Å². The molecule has 0 spiro atoms. The monoisotopic (exact) mass is 278 g/mol. The third-order valence-electron chi connectivity index (χ3n) is 5.48. The molecule has 1 aliphatic carbocycles. The Morgan fingerprint density at radius 2 is 1.84 bits per heavy atom. The minimum absolute atomic E-state index is 0.289. The van der Waals surface area contributed by atoms with E-state index in [4.69, 9.17) is 9.05 Å². The van der Waals surface area contributed by atoms with Crippen molar-refractivity contribution in [1.82, 2.24) is 0 Å². The summed E-state index contributed by atoms with van der Waals surface area (Å²) in [5.74, 6) is 0.662. The summed E-state index contributed by atoms with van der Waals surface area (Å²) in [7, 11) is -0.897. The van der Waals surface area contributed by atoms with Crippen molar-refractivity contribution in [3.8, 4) is 0 Å². The van der Waals surface area contributed by atoms with Crippen LogP contribution in [0.25, 0.3) is 0 Å². The summed E-state index contributed by atoms with van der Waals surface area (Å²) in [6.45, 7) is 8.80. The fourth-order valence-electron chi connectivity index (χ4n) is 3.31. The zero-order chi connectivity index (χ0) is 13.5. The standard InChI is InChI=1S/C16H23O2P/c1-15(2)13-9-10-16(15,3)12-18-19(17-11-13)14-7-5-4-6-8-14/h4-8,13H,9-12H2,1-3H3. The molecule has 0 aromatic heterocycles.